The summed E-state index contributed by atoms with van der Waals surface area (Å²) in [6.45, 7) is 1.94. The molecule has 4 heteroatoms. The van der Waals surface area contributed by atoms with Crippen molar-refractivity contribution in [2.45, 2.75) is 44.1 Å². The van der Waals surface area contributed by atoms with Crippen molar-refractivity contribution in [1.82, 2.24) is 0 Å². The van der Waals surface area contributed by atoms with Crippen molar-refractivity contribution >= 4 is 0 Å². The van der Waals surface area contributed by atoms with Crippen LogP contribution in [0.4, 0.5) is 0 Å². The van der Waals surface area contributed by atoms with Gasteiger partial charge in [0.1, 0.15) is 12.2 Å². The summed E-state index contributed by atoms with van der Waals surface area (Å²) < 4.78 is 16.0. The molecular formula is C8H14O4. The van der Waals surface area contributed by atoms with Gasteiger partial charge in [-0.15, -0.1) is 0 Å². The van der Waals surface area contributed by atoms with Crippen LogP contribution in [0.3, 0.4) is 0 Å². The average molecular weight is 174 g/mol. The van der Waals surface area contributed by atoms with Crippen molar-refractivity contribution in [1.29, 1.82) is 0 Å². The summed E-state index contributed by atoms with van der Waals surface area (Å²) in [5.41, 5.74) is 0. The minimum absolute atomic E-state index is 0.0107. The lowest BCUT2D eigenvalue weighted by Crippen LogP contribution is -2.43. The van der Waals surface area contributed by atoms with E-state index in [1.54, 1.807) is 7.11 Å². The van der Waals surface area contributed by atoms with Crippen LogP contribution in [0.5, 0.6) is 0 Å². The maximum atomic E-state index is 9.48. The first-order chi connectivity index (χ1) is 5.72. The number of fused-ring (bicyclic) bond motifs is 2. The Balaban J connectivity index is 2.11. The highest BCUT2D eigenvalue weighted by molar-refractivity contribution is 4.90. The fourth-order valence-corrected chi connectivity index (χ4v) is 1.87. The number of ether oxygens (including phenoxy) is 3. The first-order valence-corrected chi connectivity index (χ1v) is 4.24. The van der Waals surface area contributed by atoms with Gasteiger partial charge in [0.05, 0.1) is 12.2 Å². The molecule has 0 aromatic heterocycles. The van der Waals surface area contributed by atoms with Crippen LogP contribution in [-0.4, -0.2) is 42.9 Å². The first kappa shape index (κ1) is 8.44. The third kappa shape index (κ3) is 1.15. The normalized spacial score (nSPS) is 52.8. The highest BCUT2D eigenvalue weighted by atomic mass is 16.7. The van der Waals surface area contributed by atoms with Crippen LogP contribution in [0.25, 0.3) is 0 Å². The van der Waals surface area contributed by atoms with E-state index in [-0.39, 0.29) is 18.3 Å². The van der Waals surface area contributed by atoms with Crippen LogP contribution in [-0.2, 0) is 14.2 Å². The number of aliphatic hydroxyl groups excluding tert-OH is 1. The second kappa shape index (κ2) is 2.96. The van der Waals surface area contributed by atoms with Gasteiger partial charge in [-0.2, -0.15) is 0 Å². The zero-order chi connectivity index (χ0) is 8.72. The Morgan fingerprint density at radius 3 is 2.83 bits per heavy atom. The molecule has 0 radical (unpaired) electrons. The van der Waals surface area contributed by atoms with Crippen molar-refractivity contribution in [3.63, 3.8) is 0 Å². The fraction of sp³-hybridized carbons (Fsp3) is 1.00. The molecule has 2 bridgehead atoms. The van der Waals surface area contributed by atoms with Gasteiger partial charge in [-0.1, -0.05) is 0 Å². The molecule has 4 nitrogen and oxygen atoms in total. The molecular weight excluding hydrogens is 160 g/mol. The maximum Gasteiger partial charge on any atom is 0.184 e. The van der Waals surface area contributed by atoms with Gasteiger partial charge >= 0.3 is 0 Å². The van der Waals surface area contributed by atoms with Crippen molar-refractivity contribution in [3.8, 4) is 0 Å². The SMILES string of the molecule is CO[C@@H]1C[C@H](O)[C@@H]2O[C@H]1[C@@H](C)O2. The second-order valence-corrected chi connectivity index (χ2v) is 3.39. The summed E-state index contributed by atoms with van der Waals surface area (Å²) in [5, 5.41) is 9.48. The predicted octanol–water partition coefficient (Wildman–Crippen LogP) is -0.104. The maximum absolute atomic E-state index is 9.48. The highest BCUT2D eigenvalue weighted by Crippen LogP contribution is 2.33. The van der Waals surface area contributed by atoms with Crippen LogP contribution in [0.1, 0.15) is 13.3 Å². The molecule has 0 aromatic carbocycles. The minimum atomic E-state index is -0.545. The van der Waals surface area contributed by atoms with Crippen LogP contribution in [0, 0.1) is 0 Å². The molecule has 0 aliphatic carbocycles. The van der Waals surface area contributed by atoms with Gasteiger partial charge in [0, 0.05) is 13.5 Å². The van der Waals surface area contributed by atoms with Crippen molar-refractivity contribution in [2.75, 3.05) is 7.11 Å². The summed E-state index contributed by atoms with van der Waals surface area (Å²) in [7, 11) is 1.63. The summed E-state index contributed by atoms with van der Waals surface area (Å²) in [6, 6.07) is 0. The molecule has 1 N–H and O–H groups in total. The fourth-order valence-electron chi connectivity index (χ4n) is 1.87. The smallest absolute Gasteiger partial charge is 0.184 e. The summed E-state index contributed by atoms with van der Waals surface area (Å²) >= 11 is 0. The number of aliphatic hydroxyl groups is 1. The monoisotopic (exact) mass is 174 g/mol. The predicted molar refractivity (Wildman–Crippen MR) is 40.6 cm³/mol. The molecule has 0 aromatic rings. The zero-order valence-corrected chi connectivity index (χ0v) is 7.27. The Labute approximate surface area is 71.4 Å². The highest BCUT2D eigenvalue weighted by Gasteiger charge is 2.47. The Morgan fingerprint density at radius 1 is 1.42 bits per heavy atom. The lowest BCUT2D eigenvalue weighted by Gasteiger charge is -2.30. The van der Waals surface area contributed by atoms with Gasteiger partial charge in [-0.25, -0.2) is 0 Å². The van der Waals surface area contributed by atoms with E-state index < -0.39 is 12.4 Å². The van der Waals surface area contributed by atoms with E-state index in [1.165, 1.54) is 0 Å². The Hall–Kier alpha value is -0.160. The van der Waals surface area contributed by atoms with Gasteiger partial charge in [0.15, 0.2) is 6.29 Å². The zero-order valence-electron chi connectivity index (χ0n) is 7.27. The van der Waals surface area contributed by atoms with Crippen molar-refractivity contribution in [3.05, 3.63) is 0 Å². The molecule has 2 aliphatic rings. The molecule has 0 amide bonds. The lowest BCUT2D eigenvalue weighted by atomic mass is 10.0. The molecule has 2 rings (SSSR count). The quantitative estimate of drug-likeness (QED) is 0.603. The third-order valence-corrected chi connectivity index (χ3v) is 2.56. The van der Waals surface area contributed by atoms with E-state index in [9.17, 15) is 5.11 Å². The summed E-state index contributed by atoms with van der Waals surface area (Å²) in [6.07, 6.45) is -0.391. The van der Waals surface area contributed by atoms with Gasteiger partial charge in [0.25, 0.3) is 0 Å². The van der Waals surface area contributed by atoms with Crippen LogP contribution in [0.15, 0.2) is 0 Å². The minimum Gasteiger partial charge on any atom is -0.388 e. The van der Waals surface area contributed by atoms with Gasteiger partial charge in [-0.3, -0.25) is 0 Å². The molecule has 0 saturated carbocycles. The molecule has 2 heterocycles. The van der Waals surface area contributed by atoms with Crippen LogP contribution in [0.2, 0.25) is 0 Å². The topological polar surface area (TPSA) is 47.9 Å². The van der Waals surface area contributed by atoms with Gasteiger partial charge < -0.3 is 19.3 Å². The molecule has 12 heavy (non-hydrogen) atoms. The first-order valence-electron chi connectivity index (χ1n) is 4.24. The molecule has 70 valence electrons. The molecule has 0 unspecified atom stereocenters. The van der Waals surface area contributed by atoms with Crippen LogP contribution >= 0.6 is 0 Å². The number of rotatable bonds is 1. The van der Waals surface area contributed by atoms with E-state index in [4.69, 9.17) is 14.2 Å². The number of methoxy groups -OCH3 is 1. The van der Waals surface area contributed by atoms with E-state index in [1.807, 2.05) is 6.92 Å². The summed E-state index contributed by atoms with van der Waals surface area (Å²) in [5.74, 6) is 0. The Morgan fingerprint density at radius 2 is 2.17 bits per heavy atom. The van der Waals surface area contributed by atoms with Gasteiger partial charge in [0.2, 0.25) is 0 Å². The molecule has 2 aliphatic heterocycles. The largest absolute Gasteiger partial charge is 0.388 e. The van der Waals surface area contributed by atoms with Gasteiger partial charge in [-0.05, 0) is 6.92 Å². The molecule has 0 spiro atoms. The van der Waals surface area contributed by atoms with Crippen molar-refractivity contribution in [2.24, 2.45) is 0 Å². The van der Waals surface area contributed by atoms with E-state index >= 15 is 0 Å². The second-order valence-electron chi connectivity index (χ2n) is 3.39. The molecule has 2 fully saturated rings. The standard InChI is InChI=1S/C8H14O4/c1-4-7-6(10-2)3-5(9)8(11-4)12-7/h4-9H,3H2,1-2H3/t4-,5+,6-,7+,8+/m1/s1. The summed E-state index contributed by atoms with van der Waals surface area (Å²) in [4.78, 5) is 0. The molecule has 5 atom stereocenters. The van der Waals surface area contributed by atoms with E-state index in [2.05, 4.69) is 0 Å². The molecule has 2 saturated heterocycles. The number of hydrogen-bond donors (Lipinski definition) is 1. The van der Waals surface area contributed by atoms with Crippen LogP contribution < -0.4 is 0 Å². The van der Waals surface area contributed by atoms with E-state index in [0.29, 0.717) is 6.42 Å². The van der Waals surface area contributed by atoms with E-state index in [0.717, 1.165) is 0 Å². The van der Waals surface area contributed by atoms with Crippen molar-refractivity contribution < 1.29 is 19.3 Å². The lowest BCUT2D eigenvalue weighted by molar-refractivity contribution is -0.186. The Bertz CT molecular complexity index is 172. The number of hydrogen-bond acceptors (Lipinski definition) is 4. The third-order valence-electron chi connectivity index (χ3n) is 2.56. The average Bonchev–Trinajstić information content (AvgIpc) is 2.38. The Kier molecular flexibility index (Phi) is 2.08.